The van der Waals surface area contributed by atoms with Crippen molar-refractivity contribution in [3.8, 4) is 5.75 Å². The highest BCUT2D eigenvalue weighted by Gasteiger charge is 2.33. The van der Waals surface area contributed by atoms with Crippen molar-refractivity contribution < 1.29 is 19.1 Å². The Hall–Kier alpha value is -2.04. The molecule has 1 aromatic carbocycles. The molecule has 114 valence electrons. The van der Waals surface area contributed by atoms with Gasteiger partial charge in [-0.2, -0.15) is 0 Å². The predicted octanol–water partition coefficient (Wildman–Crippen LogP) is 2.54. The third-order valence-electron chi connectivity index (χ3n) is 3.29. The summed E-state index contributed by atoms with van der Waals surface area (Å²) in [4.78, 5) is 24.4. The number of anilines is 1. The second-order valence-electron chi connectivity index (χ2n) is 6.14. The van der Waals surface area contributed by atoms with Gasteiger partial charge in [0.2, 0.25) is 5.91 Å². The molecule has 0 aromatic heterocycles. The summed E-state index contributed by atoms with van der Waals surface area (Å²) in [5, 5.41) is 2.79. The van der Waals surface area contributed by atoms with Gasteiger partial charge < -0.3 is 14.8 Å². The fourth-order valence-electron chi connectivity index (χ4n) is 2.27. The van der Waals surface area contributed by atoms with Crippen molar-refractivity contribution in [3.63, 3.8) is 0 Å². The zero-order chi connectivity index (χ0) is 15.6. The van der Waals surface area contributed by atoms with Crippen molar-refractivity contribution in [2.45, 2.75) is 39.2 Å². The van der Waals surface area contributed by atoms with Crippen molar-refractivity contribution in [1.82, 2.24) is 0 Å². The molecule has 5 nitrogen and oxygen atoms in total. The van der Waals surface area contributed by atoms with Crippen LogP contribution in [0.4, 0.5) is 5.69 Å². The van der Waals surface area contributed by atoms with Crippen LogP contribution in [0.15, 0.2) is 18.2 Å². The number of aryl methyl sites for hydroxylation is 1. The van der Waals surface area contributed by atoms with Crippen LogP contribution in [0.5, 0.6) is 5.75 Å². The van der Waals surface area contributed by atoms with E-state index in [1.807, 2.05) is 12.1 Å². The molecule has 5 heteroatoms. The second kappa shape index (κ2) is 5.76. The first-order valence-corrected chi connectivity index (χ1v) is 7.01. The zero-order valence-corrected chi connectivity index (χ0v) is 12.9. The molecule has 0 unspecified atom stereocenters. The average molecular weight is 291 g/mol. The Labute approximate surface area is 124 Å². The Kier molecular flexibility index (Phi) is 4.21. The van der Waals surface area contributed by atoms with Gasteiger partial charge in [-0.15, -0.1) is 0 Å². The van der Waals surface area contributed by atoms with Gasteiger partial charge in [0.05, 0.1) is 7.11 Å². The Bertz CT molecular complexity index is 560. The molecular formula is C16H21NO4. The normalized spacial score (nSPS) is 18.3. The topological polar surface area (TPSA) is 64.6 Å². The van der Waals surface area contributed by atoms with Gasteiger partial charge in [-0.3, -0.25) is 9.59 Å². The Morgan fingerprint density at radius 2 is 2.05 bits per heavy atom. The number of rotatable bonds is 2. The van der Waals surface area contributed by atoms with Crippen molar-refractivity contribution in [3.05, 3.63) is 23.8 Å². The number of amides is 1. The quantitative estimate of drug-likeness (QED) is 0.672. The van der Waals surface area contributed by atoms with Crippen LogP contribution in [0.3, 0.4) is 0 Å². The maximum atomic E-state index is 12.3. The van der Waals surface area contributed by atoms with E-state index in [-0.39, 0.29) is 5.91 Å². The Balaban J connectivity index is 2.18. The maximum Gasteiger partial charge on any atom is 0.319 e. The van der Waals surface area contributed by atoms with Crippen LogP contribution in [-0.4, -0.2) is 24.6 Å². The Morgan fingerprint density at radius 3 is 2.67 bits per heavy atom. The van der Waals surface area contributed by atoms with Crippen LogP contribution in [0.2, 0.25) is 0 Å². The molecule has 1 atom stereocenters. The van der Waals surface area contributed by atoms with E-state index in [0.717, 1.165) is 5.56 Å². The molecule has 1 aliphatic rings. The van der Waals surface area contributed by atoms with E-state index in [1.165, 1.54) is 0 Å². The van der Waals surface area contributed by atoms with Crippen molar-refractivity contribution in [2.75, 3.05) is 12.4 Å². The van der Waals surface area contributed by atoms with Gasteiger partial charge in [0.1, 0.15) is 17.3 Å². The van der Waals surface area contributed by atoms with Gasteiger partial charge in [0.25, 0.3) is 0 Å². The summed E-state index contributed by atoms with van der Waals surface area (Å²) in [6.45, 7) is 5.37. The van der Waals surface area contributed by atoms with Crippen molar-refractivity contribution >= 4 is 17.6 Å². The highest BCUT2D eigenvalue weighted by molar-refractivity contribution is 6.05. The molecule has 0 spiro atoms. The first kappa shape index (κ1) is 15.4. The zero-order valence-electron chi connectivity index (χ0n) is 12.9. The van der Waals surface area contributed by atoms with E-state index in [2.05, 4.69) is 5.32 Å². The van der Waals surface area contributed by atoms with E-state index < -0.39 is 17.5 Å². The lowest BCUT2D eigenvalue weighted by Gasteiger charge is -2.22. The van der Waals surface area contributed by atoms with Crippen LogP contribution >= 0.6 is 0 Å². The molecule has 0 bridgehead atoms. The second-order valence-corrected chi connectivity index (χ2v) is 6.14. The fraction of sp³-hybridized carbons (Fsp3) is 0.500. The van der Waals surface area contributed by atoms with E-state index in [0.29, 0.717) is 24.3 Å². The number of hydrogen-bond acceptors (Lipinski definition) is 4. The van der Waals surface area contributed by atoms with Crippen LogP contribution in [0, 0.1) is 5.92 Å². The fourth-order valence-corrected chi connectivity index (χ4v) is 2.27. The lowest BCUT2D eigenvalue weighted by Crippen LogP contribution is -2.35. The minimum absolute atomic E-state index is 0.323. The summed E-state index contributed by atoms with van der Waals surface area (Å²) in [5.41, 5.74) is 1.10. The largest absolute Gasteiger partial charge is 0.497 e. The number of ether oxygens (including phenoxy) is 2. The van der Waals surface area contributed by atoms with Gasteiger partial charge in [0, 0.05) is 11.8 Å². The minimum atomic E-state index is -0.775. The number of benzene rings is 1. The number of hydrogen-bond donors (Lipinski definition) is 1. The van der Waals surface area contributed by atoms with E-state index >= 15 is 0 Å². The molecule has 1 aromatic rings. The summed E-state index contributed by atoms with van der Waals surface area (Å²) in [5.74, 6) is -0.900. The lowest BCUT2D eigenvalue weighted by molar-refractivity contribution is -0.161. The van der Waals surface area contributed by atoms with Crippen LogP contribution in [0.1, 0.15) is 32.8 Å². The number of methoxy groups -OCH3 is 1. The van der Waals surface area contributed by atoms with Gasteiger partial charge >= 0.3 is 5.97 Å². The third kappa shape index (κ3) is 3.74. The van der Waals surface area contributed by atoms with Crippen LogP contribution < -0.4 is 10.1 Å². The monoisotopic (exact) mass is 291 g/mol. The summed E-state index contributed by atoms with van der Waals surface area (Å²) in [7, 11) is 1.57. The molecular weight excluding hydrogens is 270 g/mol. The lowest BCUT2D eigenvalue weighted by atomic mass is 10.00. The third-order valence-corrected chi connectivity index (χ3v) is 3.29. The average Bonchev–Trinajstić information content (AvgIpc) is 2.53. The van der Waals surface area contributed by atoms with Crippen molar-refractivity contribution in [2.24, 2.45) is 5.92 Å². The molecule has 1 amide bonds. The highest BCUT2D eigenvalue weighted by atomic mass is 16.6. The summed E-state index contributed by atoms with van der Waals surface area (Å²) >= 11 is 0. The summed E-state index contributed by atoms with van der Waals surface area (Å²) in [6, 6.07) is 5.52. The summed E-state index contributed by atoms with van der Waals surface area (Å²) < 4.78 is 10.5. The SMILES string of the molecule is COc1ccc2c(c1)NC(=O)[C@H](C(=O)OC(C)(C)C)CC2. The van der Waals surface area contributed by atoms with Gasteiger partial charge in [-0.1, -0.05) is 6.07 Å². The molecule has 0 radical (unpaired) electrons. The molecule has 1 heterocycles. The first-order valence-electron chi connectivity index (χ1n) is 7.01. The molecule has 0 fully saturated rings. The highest BCUT2D eigenvalue weighted by Crippen LogP contribution is 2.29. The van der Waals surface area contributed by atoms with Gasteiger partial charge in [-0.05, 0) is 45.2 Å². The van der Waals surface area contributed by atoms with Crippen LogP contribution in [-0.2, 0) is 20.7 Å². The van der Waals surface area contributed by atoms with E-state index in [9.17, 15) is 9.59 Å². The number of carbonyl (C=O) groups excluding carboxylic acids is 2. The van der Waals surface area contributed by atoms with Gasteiger partial charge in [0.15, 0.2) is 0 Å². The standard InChI is InChI=1S/C16H21NO4/c1-16(2,3)21-15(19)12-8-6-10-5-7-11(20-4)9-13(10)17-14(12)18/h5,7,9,12H,6,8H2,1-4H3,(H,17,18)/t12-/m1/s1. The summed E-state index contributed by atoms with van der Waals surface area (Å²) in [6.07, 6.45) is 1.09. The Morgan fingerprint density at radius 1 is 1.33 bits per heavy atom. The molecule has 2 rings (SSSR count). The maximum absolute atomic E-state index is 12.3. The van der Waals surface area contributed by atoms with E-state index in [4.69, 9.17) is 9.47 Å². The predicted molar refractivity (Wildman–Crippen MR) is 79.3 cm³/mol. The number of nitrogens with one attached hydrogen (secondary N) is 1. The molecule has 1 aliphatic heterocycles. The van der Waals surface area contributed by atoms with E-state index in [1.54, 1.807) is 33.9 Å². The molecule has 0 aliphatic carbocycles. The van der Waals surface area contributed by atoms with Crippen molar-refractivity contribution in [1.29, 1.82) is 0 Å². The number of fused-ring (bicyclic) bond motifs is 1. The first-order chi connectivity index (χ1) is 9.80. The van der Waals surface area contributed by atoms with Crippen LogP contribution in [0.25, 0.3) is 0 Å². The smallest absolute Gasteiger partial charge is 0.319 e. The molecule has 1 N–H and O–H groups in total. The minimum Gasteiger partial charge on any atom is -0.497 e. The number of esters is 1. The number of carbonyl (C=O) groups is 2. The molecule has 0 saturated heterocycles. The molecule has 0 saturated carbocycles. The van der Waals surface area contributed by atoms with Gasteiger partial charge in [-0.25, -0.2) is 0 Å². The molecule has 21 heavy (non-hydrogen) atoms.